The van der Waals surface area contributed by atoms with Crippen LogP contribution in [0.1, 0.15) is 37.9 Å². The van der Waals surface area contributed by atoms with Gasteiger partial charge in [-0.25, -0.2) is 0 Å². The summed E-state index contributed by atoms with van der Waals surface area (Å²) in [5.41, 5.74) is 0.801. The van der Waals surface area contributed by atoms with E-state index in [2.05, 4.69) is 4.98 Å². The Kier molecular flexibility index (Phi) is 4.54. The monoisotopic (exact) mass is 283 g/mol. The van der Waals surface area contributed by atoms with Crippen molar-refractivity contribution < 1.29 is 8.42 Å². The van der Waals surface area contributed by atoms with Crippen LogP contribution in [-0.4, -0.2) is 42.1 Å². The van der Waals surface area contributed by atoms with Gasteiger partial charge >= 0.3 is 0 Å². The van der Waals surface area contributed by atoms with E-state index in [1.807, 2.05) is 25.1 Å². The summed E-state index contributed by atoms with van der Waals surface area (Å²) in [6.07, 6.45) is 4.32. The van der Waals surface area contributed by atoms with Crippen molar-refractivity contribution in [2.45, 2.75) is 32.2 Å². The fourth-order valence-corrected chi connectivity index (χ4v) is 4.15. The Morgan fingerprint density at radius 2 is 2.05 bits per heavy atom. The molecule has 0 amide bonds. The van der Waals surface area contributed by atoms with E-state index >= 15 is 0 Å². The predicted molar refractivity (Wildman–Crippen MR) is 74.8 cm³/mol. The minimum absolute atomic E-state index is 0.202. The van der Waals surface area contributed by atoms with E-state index < -0.39 is 10.2 Å². The van der Waals surface area contributed by atoms with Crippen molar-refractivity contribution in [3.63, 3.8) is 0 Å². The summed E-state index contributed by atoms with van der Waals surface area (Å²) >= 11 is 0. The third kappa shape index (κ3) is 2.96. The molecule has 19 heavy (non-hydrogen) atoms. The lowest BCUT2D eigenvalue weighted by Crippen LogP contribution is -2.42. The molecule has 1 fully saturated rings. The molecule has 0 N–H and O–H groups in total. The maximum atomic E-state index is 12.5. The zero-order valence-electron chi connectivity index (χ0n) is 11.5. The maximum absolute atomic E-state index is 12.5. The summed E-state index contributed by atoms with van der Waals surface area (Å²) in [6.45, 7) is 3.24. The lowest BCUT2D eigenvalue weighted by Gasteiger charge is -2.29. The van der Waals surface area contributed by atoms with Gasteiger partial charge in [0.25, 0.3) is 10.2 Å². The average molecular weight is 283 g/mol. The number of nitrogens with zero attached hydrogens (tertiary/aromatic N) is 3. The Balaban J connectivity index is 2.23. The molecular weight excluding hydrogens is 262 g/mol. The summed E-state index contributed by atoms with van der Waals surface area (Å²) in [7, 11) is -1.72. The molecule has 6 heteroatoms. The second-order valence-corrected chi connectivity index (χ2v) is 6.80. The van der Waals surface area contributed by atoms with Crippen molar-refractivity contribution in [1.82, 2.24) is 13.6 Å². The van der Waals surface area contributed by atoms with E-state index in [-0.39, 0.29) is 6.04 Å². The topological polar surface area (TPSA) is 53.5 Å². The molecule has 0 spiro atoms. The summed E-state index contributed by atoms with van der Waals surface area (Å²) in [5.74, 6) is 0. The Labute approximate surface area is 115 Å². The molecule has 1 aliphatic heterocycles. The standard InChI is InChI=1S/C13H21N3O2S/c1-3-13(12-8-4-5-9-14-12)15(2)19(17,18)16-10-6-7-11-16/h4-5,8-9,13H,3,6-7,10-11H2,1-2H3. The predicted octanol–water partition coefficient (Wildman–Crippen LogP) is 1.81. The lowest BCUT2D eigenvalue weighted by atomic mass is 10.1. The third-order valence-corrected chi connectivity index (χ3v) is 5.61. The molecule has 0 radical (unpaired) electrons. The van der Waals surface area contributed by atoms with Crippen LogP contribution in [0.4, 0.5) is 0 Å². The van der Waals surface area contributed by atoms with Crippen LogP contribution in [0.25, 0.3) is 0 Å². The van der Waals surface area contributed by atoms with Gasteiger partial charge in [-0.2, -0.15) is 17.0 Å². The summed E-state index contributed by atoms with van der Waals surface area (Å²) < 4.78 is 28.1. The van der Waals surface area contributed by atoms with E-state index in [0.717, 1.165) is 18.5 Å². The molecule has 5 nitrogen and oxygen atoms in total. The number of hydrogen-bond acceptors (Lipinski definition) is 3. The van der Waals surface area contributed by atoms with E-state index in [9.17, 15) is 8.42 Å². The van der Waals surface area contributed by atoms with Gasteiger partial charge in [0.15, 0.2) is 0 Å². The molecule has 1 saturated heterocycles. The van der Waals surface area contributed by atoms with E-state index in [1.165, 1.54) is 4.31 Å². The van der Waals surface area contributed by atoms with Crippen LogP contribution in [0.3, 0.4) is 0 Å². The van der Waals surface area contributed by atoms with Crippen LogP contribution in [0.15, 0.2) is 24.4 Å². The second kappa shape index (κ2) is 5.98. The van der Waals surface area contributed by atoms with Crippen LogP contribution in [0.2, 0.25) is 0 Å². The van der Waals surface area contributed by atoms with E-state index in [4.69, 9.17) is 0 Å². The lowest BCUT2D eigenvalue weighted by molar-refractivity contribution is 0.325. The first-order valence-corrected chi connectivity index (χ1v) is 8.11. The highest BCUT2D eigenvalue weighted by Crippen LogP contribution is 2.26. The number of hydrogen-bond donors (Lipinski definition) is 0. The van der Waals surface area contributed by atoms with E-state index in [1.54, 1.807) is 17.5 Å². The molecule has 0 aromatic carbocycles. The molecule has 0 bridgehead atoms. The first kappa shape index (κ1) is 14.4. The SMILES string of the molecule is CCC(c1ccccn1)N(C)S(=O)(=O)N1CCCC1. The molecule has 1 aromatic heterocycles. The quantitative estimate of drug-likeness (QED) is 0.828. The molecular formula is C13H21N3O2S. The minimum Gasteiger partial charge on any atom is -0.260 e. The van der Waals surface area contributed by atoms with Gasteiger partial charge in [0.1, 0.15) is 0 Å². The first-order chi connectivity index (χ1) is 9.07. The second-order valence-electron chi connectivity index (χ2n) is 4.81. The van der Waals surface area contributed by atoms with Crippen LogP contribution in [-0.2, 0) is 10.2 Å². The van der Waals surface area contributed by atoms with Gasteiger partial charge in [-0.05, 0) is 31.4 Å². The largest absolute Gasteiger partial charge is 0.282 e. The molecule has 1 atom stereocenters. The Morgan fingerprint density at radius 3 is 2.58 bits per heavy atom. The molecule has 2 heterocycles. The first-order valence-electron chi connectivity index (χ1n) is 6.71. The summed E-state index contributed by atoms with van der Waals surface area (Å²) in [4.78, 5) is 4.29. The highest BCUT2D eigenvalue weighted by molar-refractivity contribution is 7.86. The number of rotatable bonds is 5. The Bertz CT molecular complexity index is 498. The van der Waals surface area contributed by atoms with Crippen LogP contribution in [0.5, 0.6) is 0 Å². The van der Waals surface area contributed by atoms with Crippen LogP contribution in [0, 0.1) is 0 Å². The van der Waals surface area contributed by atoms with Gasteiger partial charge in [0.2, 0.25) is 0 Å². The average Bonchev–Trinajstić information content (AvgIpc) is 2.95. The molecule has 1 aromatic rings. The van der Waals surface area contributed by atoms with Crippen LogP contribution < -0.4 is 0 Å². The molecule has 0 aliphatic carbocycles. The van der Waals surface area contributed by atoms with Crippen molar-refractivity contribution in [2.75, 3.05) is 20.1 Å². The van der Waals surface area contributed by atoms with E-state index in [0.29, 0.717) is 19.5 Å². The number of pyridine rings is 1. The van der Waals surface area contributed by atoms with Gasteiger partial charge in [0.05, 0.1) is 11.7 Å². The zero-order valence-corrected chi connectivity index (χ0v) is 12.3. The fraction of sp³-hybridized carbons (Fsp3) is 0.615. The smallest absolute Gasteiger partial charge is 0.260 e. The van der Waals surface area contributed by atoms with Gasteiger partial charge in [-0.1, -0.05) is 13.0 Å². The van der Waals surface area contributed by atoms with Crippen LogP contribution >= 0.6 is 0 Å². The normalized spacial score (nSPS) is 18.9. The maximum Gasteiger partial charge on any atom is 0.282 e. The van der Waals surface area contributed by atoms with Crippen molar-refractivity contribution >= 4 is 10.2 Å². The fourth-order valence-electron chi connectivity index (χ4n) is 2.49. The highest BCUT2D eigenvalue weighted by Gasteiger charge is 2.33. The molecule has 106 valence electrons. The Morgan fingerprint density at radius 1 is 1.37 bits per heavy atom. The highest BCUT2D eigenvalue weighted by atomic mass is 32.2. The van der Waals surface area contributed by atoms with Crippen molar-refractivity contribution in [3.05, 3.63) is 30.1 Å². The molecule has 0 saturated carbocycles. The summed E-state index contributed by atoms with van der Waals surface area (Å²) in [5, 5.41) is 0. The van der Waals surface area contributed by atoms with Crippen molar-refractivity contribution in [1.29, 1.82) is 0 Å². The van der Waals surface area contributed by atoms with Gasteiger partial charge in [0, 0.05) is 26.3 Å². The summed E-state index contributed by atoms with van der Waals surface area (Å²) in [6, 6.07) is 5.41. The minimum atomic E-state index is -3.37. The van der Waals surface area contributed by atoms with Gasteiger partial charge < -0.3 is 0 Å². The van der Waals surface area contributed by atoms with Gasteiger partial charge in [-0.15, -0.1) is 0 Å². The molecule has 1 unspecified atom stereocenters. The number of aromatic nitrogens is 1. The third-order valence-electron chi connectivity index (χ3n) is 3.61. The van der Waals surface area contributed by atoms with Crippen molar-refractivity contribution in [3.8, 4) is 0 Å². The van der Waals surface area contributed by atoms with Crippen molar-refractivity contribution in [2.24, 2.45) is 0 Å². The zero-order chi connectivity index (χ0) is 13.9. The molecule has 1 aliphatic rings. The molecule has 2 rings (SSSR count). The Hall–Kier alpha value is -0.980. The van der Waals surface area contributed by atoms with Gasteiger partial charge in [-0.3, -0.25) is 4.98 Å².